The van der Waals surface area contributed by atoms with E-state index >= 15 is 0 Å². The molecule has 7 heteroatoms. The Labute approximate surface area is 164 Å². The van der Waals surface area contributed by atoms with E-state index in [1.807, 2.05) is 33.8 Å². The van der Waals surface area contributed by atoms with Crippen molar-refractivity contribution >= 4 is 23.4 Å². The molecule has 2 amide bonds. The summed E-state index contributed by atoms with van der Waals surface area (Å²) in [7, 11) is 0. The van der Waals surface area contributed by atoms with Crippen molar-refractivity contribution in [2.75, 3.05) is 16.3 Å². The van der Waals surface area contributed by atoms with E-state index in [9.17, 15) is 14.8 Å². The normalized spacial score (nSPS) is 16.9. The third-order valence-corrected chi connectivity index (χ3v) is 4.52. The first-order chi connectivity index (χ1) is 13.2. The van der Waals surface area contributed by atoms with Crippen molar-refractivity contribution in [3.05, 3.63) is 59.6 Å². The quantitative estimate of drug-likeness (QED) is 0.558. The summed E-state index contributed by atoms with van der Waals surface area (Å²) in [6, 6.07) is 11.7. The molecule has 0 fully saturated rings. The fourth-order valence-electron chi connectivity index (χ4n) is 3.23. The van der Waals surface area contributed by atoms with Crippen LogP contribution < -0.4 is 14.5 Å². The maximum atomic E-state index is 13.1. The van der Waals surface area contributed by atoms with Crippen molar-refractivity contribution in [1.82, 2.24) is 0 Å². The Morgan fingerprint density at radius 2 is 1.75 bits per heavy atom. The highest BCUT2D eigenvalue weighted by atomic mass is 16.6. The summed E-state index contributed by atoms with van der Waals surface area (Å²) < 4.78 is 6.15. The van der Waals surface area contributed by atoms with Crippen LogP contribution in [0.15, 0.2) is 48.7 Å². The number of fused-ring (bicyclic) bond motifs is 1. The summed E-state index contributed by atoms with van der Waals surface area (Å²) in [6.07, 6.45) is 1.39. The van der Waals surface area contributed by atoms with Gasteiger partial charge in [-0.15, -0.1) is 0 Å². The number of aromatic nitrogens is 1. The molecule has 1 aromatic carbocycles. The van der Waals surface area contributed by atoms with Crippen LogP contribution in [0.4, 0.5) is 16.2 Å². The SMILES string of the molecule is CC1CCN(C(=O)c2cccc[n+]2[O-])c2ccccc2N1C(=O)OC(C)(C)C. The van der Waals surface area contributed by atoms with E-state index in [0.717, 1.165) is 0 Å². The average Bonchev–Trinajstić information content (AvgIpc) is 2.76. The van der Waals surface area contributed by atoms with Crippen LogP contribution in [0.25, 0.3) is 0 Å². The van der Waals surface area contributed by atoms with Crippen molar-refractivity contribution in [3.63, 3.8) is 0 Å². The van der Waals surface area contributed by atoms with E-state index in [2.05, 4.69) is 0 Å². The van der Waals surface area contributed by atoms with Crippen molar-refractivity contribution in [3.8, 4) is 0 Å². The average molecular weight is 383 g/mol. The third-order valence-electron chi connectivity index (χ3n) is 4.52. The number of benzene rings is 1. The van der Waals surface area contributed by atoms with Gasteiger partial charge < -0.3 is 14.8 Å². The van der Waals surface area contributed by atoms with E-state index in [1.165, 1.54) is 12.3 Å². The smallest absolute Gasteiger partial charge is 0.415 e. The molecule has 0 spiro atoms. The van der Waals surface area contributed by atoms with Gasteiger partial charge in [-0.3, -0.25) is 9.69 Å². The minimum Gasteiger partial charge on any atom is -0.618 e. The molecule has 0 aliphatic carbocycles. The van der Waals surface area contributed by atoms with Gasteiger partial charge in [-0.1, -0.05) is 12.1 Å². The second kappa shape index (κ2) is 7.50. The molecule has 0 N–H and O–H groups in total. The van der Waals surface area contributed by atoms with Crippen molar-refractivity contribution in [2.45, 2.75) is 45.8 Å². The molecule has 1 aliphatic rings. The van der Waals surface area contributed by atoms with Crippen LogP contribution in [-0.2, 0) is 4.74 Å². The number of carbonyl (C=O) groups is 2. The summed E-state index contributed by atoms with van der Waals surface area (Å²) in [5.41, 5.74) is 0.566. The van der Waals surface area contributed by atoms with Gasteiger partial charge in [-0.25, -0.2) is 4.79 Å². The molecule has 1 atom stereocenters. The highest BCUT2D eigenvalue weighted by Gasteiger charge is 2.35. The summed E-state index contributed by atoms with van der Waals surface area (Å²) in [4.78, 5) is 29.1. The lowest BCUT2D eigenvalue weighted by molar-refractivity contribution is -0.607. The summed E-state index contributed by atoms with van der Waals surface area (Å²) in [5.74, 6) is -0.402. The van der Waals surface area contributed by atoms with Crippen molar-refractivity contribution in [1.29, 1.82) is 0 Å². The lowest BCUT2D eigenvalue weighted by Gasteiger charge is -2.31. The highest BCUT2D eigenvalue weighted by Crippen LogP contribution is 2.36. The van der Waals surface area contributed by atoms with Gasteiger partial charge in [0, 0.05) is 24.7 Å². The zero-order chi connectivity index (χ0) is 20.5. The molecule has 1 unspecified atom stereocenters. The van der Waals surface area contributed by atoms with Gasteiger partial charge >= 0.3 is 12.0 Å². The topological polar surface area (TPSA) is 76.8 Å². The second-order valence-electron chi connectivity index (χ2n) is 7.85. The van der Waals surface area contributed by atoms with Gasteiger partial charge in [0.05, 0.1) is 11.4 Å². The maximum absolute atomic E-state index is 13.1. The monoisotopic (exact) mass is 383 g/mol. The van der Waals surface area contributed by atoms with Crippen LogP contribution in [-0.4, -0.2) is 30.2 Å². The van der Waals surface area contributed by atoms with Gasteiger partial charge in [0.25, 0.3) is 5.69 Å². The number of nitrogens with zero attached hydrogens (tertiary/aromatic N) is 3. The van der Waals surface area contributed by atoms with E-state index in [4.69, 9.17) is 4.74 Å². The highest BCUT2D eigenvalue weighted by molar-refractivity contribution is 6.07. The molecule has 7 nitrogen and oxygen atoms in total. The first-order valence-corrected chi connectivity index (χ1v) is 9.30. The number of hydrogen-bond donors (Lipinski definition) is 0. The standard InChI is InChI=1S/C21H25N3O4/c1-15-12-14-22(19(25)18-11-7-8-13-23(18)27)16-9-5-6-10-17(16)24(15)20(26)28-21(2,3)4/h5-11,13,15H,12,14H2,1-4H3. The summed E-state index contributed by atoms with van der Waals surface area (Å²) >= 11 is 0. The van der Waals surface area contributed by atoms with E-state index < -0.39 is 17.6 Å². The van der Waals surface area contributed by atoms with Crippen LogP contribution in [0.2, 0.25) is 0 Å². The largest absolute Gasteiger partial charge is 0.618 e. The van der Waals surface area contributed by atoms with Gasteiger partial charge in [0.15, 0.2) is 6.20 Å². The number of amides is 2. The molecule has 1 aromatic heterocycles. The Bertz CT molecular complexity index is 891. The van der Waals surface area contributed by atoms with Crippen LogP contribution in [0, 0.1) is 5.21 Å². The van der Waals surface area contributed by atoms with Crippen LogP contribution >= 0.6 is 0 Å². The predicted octanol–water partition coefficient (Wildman–Crippen LogP) is 3.50. The van der Waals surface area contributed by atoms with E-state index in [-0.39, 0.29) is 11.7 Å². The molecule has 0 saturated heterocycles. The Kier molecular flexibility index (Phi) is 5.27. The van der Waals surface area contributed by atoms with Gasteiger partial charge in [0.1, 0.15) is 5.60 Å². The lowest BCUT2D eigenvalue weighted by Crippen LogP contribution is -2.42. The molecule has 0 saturated carbocycles. The number of hydrogen-bond acceptors (Lipinski definition) is 4. The number of carbonyl (C=O) groups excluding carboxylic acids is 2. The van der Waals surface area contributed by atoms with Crippen molar-refractivity contribution in [2.24, 2.45) is 0 Å². The van der Waals surface area contributed by atoms with Crippen molar-refractivity contribution < 1.29 is 19.1 Å². The molecule has 2 aromatic rings. The van der Waals surface area contributed by atoms with Crippen LogP contribution in [0.1, 0.15) is 44.6 Å². The molecular weight excluding hydrogens is 358 g/mol. The first kappa shape index (κ1) is 19.7. The number of anilines is 2. The molecule has 1 aliphatic heterocycles. The van der Waals surface area contributed by atoms with Crippen LogP contribution in [0.5, 0.6) is 0 Å². The zero-order valence-corrected chi connectivity index (χ0v) is 16.6. The molecule has 2 heterocycles. The Morgan fingerprint density at radius 1 is 1.11 bits per heavy atom. The number of ether oxygens (including phenoxy) is 1. The van der Waals surface area contributed by atoms with Gasteiger partial charge in [0.2, 0.25) is 0 Å². The Balaban J connectivity index is 2.04. The summed E-state index contributed by atoms with van der Waals surface area (Å²) in [5, 5.41) is 12.1. The minimum atomic E-state index is -0.633. The molecule has 0 radical (unpaired) electrons. The van der Waals surface area contributed by atoms with Gasteiger partial charge in [-0.05, 0) is 52.3 Å². The van der Waals surface area contributed by atoms with Gasteiger partial charge in [-0.2, -0.15) is 4.73 Å². The van der Waals surface area contributed by atoms with E-state index in [1.54, 1.807) is 40.1 Å². The second-order valence-corrected chi connectivity index (χ2v) is 7.85. The third kappa shape index (κ3) is 3.93. The molecule has 148 valence electrons. The molecular formula is C21H25N3O4. The Morgan fingerprint density at radius 3 is 2.39 bits per heavy atom. The lowest BCUT2D eigenvalue weighted by atomic mass is 10.2. The van der Waals surface area contributed by atoms with Crippen LogP contribution in [0.3, 0.4) is 0 Å². The molecule has 0 bridgehead atoms. The number of rotatable bonds is 1. The Hall–Kier alpha value is -3.09. The molecule has 28 heavy (non-hydrogen) atoms. The number of para-hydroxylation sites is 2. The fourth-order valence-corrected chi connectivity index (χ4v) is 3.23. The zero-order valence-electron chi connectivity index (χ0n) is 16.6. The maximum Gasteiger partial charge on any atom is 0.415 e. The molecule has 3 rings (SSSR count). The van der Waals surface area contributed by atoms with E-state index in [0.29, 0.717) is 29.1 Å². The fraction of sp³-hybridized carbons (Fsp3) is 0.381. The predicted molar refractivity (Wildman–Crippen MR) is 106 cm³/mol. The first-order valence-electron chi connectivity index (χ1n) is 9.30. The number of pyridine rings is 1. The summed E-state index contributed by atoms with van der Waals surface area (Å²) in [6.45, 7) is 7.75. The minimum absolute atomic E-state index is 0.0377.